The summed E-state index contributed by atoms with van der Waals surface area (Å²) in [6.07, 6.45) is 2.36. The van der Waals surface area contributed by atoms with E-state index in [1.807, 2.05) is 0 Å². The Kier molecular flexibility index (Phi) is 7.28. The quantitative estimate of drug-likeness (QED) is 0.392. The van der Waals surface area contributed by atoms with E-state index in [0.29, 0.717) is 37.8 Å². The monoisotopic (exact) mass is 606 g/mol. The summed E-state index contributed by atoms with van der Waals surface area (Å²) < 4.78 is 94.9. The van der Waals surface area contributed by atoms with Crippen molar-refractivity contribution in [3.63, 3.8) is 0 Å². The number of rotatable bonds is 8. The molecule has 39 heavy (non-hydrogen) atoms. The van der Waals surface area contributed by atoms with Gasteiger partial charge in [0, 0.05) is 29.9 Å². The third kappa shape index (κ3) is 5.56. The van der Waals surface area contributed by atoms with Gasteiger partial charge in [0.25, 0.3) is 5.91 Å². The van der Waals surface area contributed by atoms with Crippen molar-refractivity contribution in [2.24, 2.45) is 11.8 Å². The van der Waals surface area contributed by atoms with Crippen molar-refractivity contribution in [3.05, 3.63) is 58.4 Å². The standard InChI is InChI=1S/C25H26ClF3N2O6S2/c26-18-6-3-13(24(32)31-16-8-19(27)22(29)20(28)9-16)7-21(18)38(34,35)23-14-1-2-15(23)11-25(33,10-14)12-30-39(36,37)17-4-5-17/h3,6-9,14-15,17,23,30,33H,1-2,4-5,10-12H2,(H,31,32). The van der Waals surface area contributed by atoms with E-state index in [1.165, 1.54) is 12.1 Å². The fraction of sp³-hybridized carbons (Fsp3) is 0.480. The first kappa shape index (κ1) is 28.3. The molecule has 0 aromatic heterocycles. The normalized spacial score (nSPS) is 26.9. The molecule has 0 heterocycles. The molecular weight excluding hydrogens is 581 g/mol. The van der Waals surface area contributed by atoms with Crippen LogP contribution in [-0.2, 0) is 19.9 Å². The summed E-state index contributed by atoms with van der Waals surface area (Å²) in [5, 5.41) is 11.9. The average Bonchev–Trinajstić information content (AvgIpc) is 3.67. The van der Waals surface area contributed by atoms with Crippen LogP contribution in [0.5, 0.6) is 0 Å². The first-order valence-corrected chi connectivity index (χ1v) is 15.9. The summed E-state index contributed by atoms with van der Waals surface area (Å²) in [5.74, 6) is -6.50. The second kappa shape index (κ2) is 10.0. The number of hydrogen-bond acceptors (Lipinski definition) is 6. The van der Waals surface area contributed by atoms with Gasteiger partial charge in [0.1, 0.15) is 0 Å². The summed E-state index contributed by atoms with van der Waals surface area (Å²) in [7, 11) is -7.62. The van der Waals surface area contributed by atoms with Crippen LogP contribution in [0.25, 0.3) is 0 Å². The lowest BCUT2D eigenvalue weighted by Gasteiger charge is -2.41. The number of hydrogen-bond donors (Lipinski definition) is 3. The number of carbonyl (C=O) groups is 1. The van der Waals surface area contributed by atoms with Gasteiger partial charge in [0.05, 0.1) is 26.0 Å². The van der Waals surface area contributed by atoms with Gasteiger partial charge in [-0.2, -0.15) is 0 Å². The second-order valence-electron chi connectivity index (χ2n) is 10.7. The number of anilines is 1. The van der Waals surface area contributed by atoms with Gasteiger partial charge in [-0.05, 0) is 68.6 Å². The maximum absolute atomic E-state index is 13.8. The SMILES string of the molecule is O=C(Nc1cc(F)c(F)c(F)c1)c1ccc(Cl)c(S(=O)(=O)C2C3CCC2CC(O)(CNS(=O)(=O)C2CC2)C3)c1. The maximum atomic E-state index is 13.8. The molecule has 5 rings (SSSR count). The number of amides is 1. The Morgan fingerprint density at radius 2 is 1.56 bits per heavy atom. The van der Waals surface area contributed by atoms with Gasteiger partial charge in [-0.15, -0.1) is 0 Å². The summed E-state index contributed by atoms with van der Waals surface area (Å²) in [6, 6.07) is 4.73. The lowest BCUT2D eigenvalue weighted by Crippen LogP contribution is -2.52. The summed E-state index contributed by atoms with van der Waals surface area (Å²) in [4.78, 5) is 12.4. The van der Waals surface area contributed by atoms with Crippen molar-refractivity contribution in [3.8, 4) is 0 Å². The van der Waals surface area contributed by atoms with Crippen LogP contribution in [0.2, 0.25) is 5.02 Å². The van der Waals surface area contributed by atoms with E-state index in [1.54, 1.807) is 0 Å². The number of sulfonamides is 1. The first-order valence-electron chi connectivity index (χ1n) is 12.4. The van der Waals surface area contributed by atoms with E-state index in [0.717, 1.165) is 6.07 Å². The molecular formula is C25H26ClF3N2O6S2. The highest BCUT2D eigenvalue weighted by molar-refractivity contribution is 7.92. The van der Waals surface area contributed by atoms with Gasteiger partial charge >= 0.3 is 0 Å². The zero-order valence-corrected chi connectivity index (χ0v) is 22.9. The third-order valence-corrected chi connectivity index (χ3v) is 12.6. The molecule has 3 fully saturated rings. The van der Waals surface area contributed by atoms with Gasteiger partial charge in [0.2, 0.25) is 10.0 Å². The van der Waals surface area contributed by atoms with E-state index in [-0.39, 0.29) is 40.6 Å². The number of benzene rings is 2. The zero-order chi connectivity index (χ0) is 28.3. The van der Waals surface area contributed by atoms with Crippen LogP contribution in [-0.4, -0.2) is 50.5 Å². The predicted octanol–water partition coefficient (Wildman–Crippen LogP) is 3.78. The highest BCUT2D eigenvalue weighted by atomic mass is 35.5. The molecule has 3 saturated carbocycles. The van der Waals surface area contributed by atoms with Crippen LogP contribution < -0.4 is 10.0 Å². The molecule has 0 radical (unpaired) electrons. The molecule has 2 aromatic carbocycles. The van der Waals surface area contributed by atoms with E-state index < -0.39 is 71.2 Å². The molecule has 2 bridgehead atoms. The predicted molar refractivity (Wildman–Crippen MR) is 137 cm³/mol. The van der Waals surface area contributed by atoms with Crippen LogP contribution in [0.4, 0.5) is 18.9 Å². The fourth-order valence-corrected chi connectivity index (χ4v) is 10.2. The minimum absolute atomic E-state index is 0.0834. The Labute approximate surface area is 228 Å². The number of carbonyl (C=O) groups excluding carboxylic acids is 1. The zero-order valence-electron chi connectivity index (χ0n) is 20.5. The molecule has 3 N–H and O–H groups in total. The van der Waals surface area contributed by atoms with Gasteiger partial charge in [-0.1, -0.05) is 11.6 Å². The minimum Gasteiger partial charge on any atom is -0.389 e. The summed E-state index contributed by atoms with van der Waals surface area (Å²) in [6.45, 7) is -0.188. The number of sulfone groups is 1. The van der Waals surface area contributed by atoms with E-state index in [9.17, 15) is 39.9 Å². The highest BCUT2D eigenvalue weighted by Gasteiger charge is 2.54. The molecule has 3 aliphatic carbocycles. The van der Waals surface area contributed by atoms with Crippen molar-refractivity contribution in [1.29, 1.82) is 0 Å². The number of aliphatic hydroxyl groups is 1. The highest BCUT2D eigenvalue weighted by Crippen LogP contribution is 2.51. The summed E-state index contributed by atoms with van der Waals surface area (Å²) in [5.41, 5.74) is -1.90. The van der Waals surface area contributed by atoms with Crippen LogP contribution in [0.15, 0.2) is 35.2 Å². The molecule has 2 unspecified atom stereocenters. The third-order valence-electron chi connectivity index (χ3n) is 7.79. The summed E-state index contributed by atoms with van der Waals surface area (Å²) >= 11 is 6.25. The molecule has 2 atom stereocenters. The van der Waals surface area contributed by atoms with E-state index in [2.05, 4.69) is 10.0 Å². The maximum Gasteiger partial charge on any atom is 0.255 e. The molecule has 1 amide bonds. The molecule has 0 spiro atoms. The topological polar surface area (TPSA) is 130 Å². The molecule has 8 nitrogen and oxygen atoms in total. The minimum atomic E-state index is -4.10. The fourth-order valence-electron chi connectivity index (χ4n) is 5.86. The number of fused-ring (bicyclic) bond motifs is 2. The average molecular weight is 607 g/mol. The van der Waals surface area contributed by atoms with Crippen LogP contribution in [0, 0.1) is 29.3 Å². The molecule has 3 aliphatic rings. The van der Waals surface area contributed by atoms with Crippen molar-refractivity contribution < 1.29 is 39.9 Å². The number of nitrogens with one attached hydrogen (secondary N) is 2. The van der Waals surface area contributed by atoms with Gasteiger partial charge < -0.3 is 10.4 Å². The van der Waals surface area contributed by atoms with Crippen LogP contribution in [0.3, 0.4) is 0 Å². The van der Waals surface area contributed by atoms with Crippen molar-refractivity contribution in [2.45, 2.75) is 59.5 Å². The largest absolute Gasteiger partial charge is 0.389 e. The van der Waals surface area contributed by atoms with Gasteiger partial charge in [-0.25, -0.2) is 34.7 Å². The van der Waals surface area contributed by atoms with Gasteiger partial charge in [-0.3, -0.25) is 4.79 Å². The Morgan fingerprint density at radius 3 is 2.13 bits per heavy atom. The molecule has 14 heteroatoms. The first-order chi connectivity index (χ1) is 18.2. The van der Waals surface area contributed by atoms with E-state index >= 15 is 0 Å². The Bertz CT molecular complexity index is 1510. The Balaban J connectivity index is 1.35. The van der Waals surface area contributed by atoms with Crippen LogP contribution >= 0.6 is 11.6 Å². The van der Waals surface area contributed by atoms with Crippen molar-refractivity contribution in [2.75, 3.05) is 11.9 Å². The smallest absolute Gasteiger partial charge is 0.255 e. The van der Waals surface area contributed by atoms with Crippen molar-refractivity contribution >= 4 is 43.1 Å². The second-order valence-corrected chi connectivity index (χ2v) is 15.2. The molecule has 212 valence electrons. The molecule has 0 aliphatic heterocycles. The molecule has 0 saturated heterocycles. The van der Waals surface area contributed by atoms with Crippen molar-refractivity contribution in [1.82, 2.24) is 4.72 Å². The van der Waals surface area contributed by atoms with Gasteiger partial charge in [0.15, 0.2) is 27.3 Å². The van der Waals surface area contributed by atoms with E-state index in [4.69, 9.17) is 11.6 Å². The molecule has 2 aromatic rings. The Hall–Kier alpha value is -2.19. The van der Waals surface area contributed by atoms with Crippen LogP contribution in [0.1, 0.15) is 48.9 Å². The lowest BCUT2D eigenvalue weighted by molar-refractivity contribution is -0.0136. The number of halogens is 4. The lowest BCUT2D eigenvalue weighted by atomic mass is 9.77. The Morgan fingerprint density at radius 1 is 0.974 bits per heavy atom.